The molecule has 4 heteroatoms. The summed E-state index contributed by atoms with van der Waals surface area (Å²) in [6.45, 7) is 1.99. The van der Waals surface area contributed by atoms with Gasteiger partial charge >= 0.3 is 0 Å². The smallest absolute Gasteiger partial charge is 0.261 e. The van der Waals surface area contributed by atoms with E-state index in [1.165, 1.54) is 0 Å². The van der Waals surface area contributed by atoms with Crippen LogP contribution < -0.4 is 10.6 Å². The first kappa shape index (κ1) is 12.1. The van der Waals surface area contributed by atoms with E-state index in [4.69, 9.17) is 5.73 Å². The molecular formula is C14H15N3O. The lowest BCUT2D eigenvalue weighted by atomic mass is 10.2. The summed E-state index contributed by atoms with van der Waals surface area (Å²) in [5, 5.41) is 0. The molecule has 0 spiro atoms. The molecule has 4 nitrogen and oxygen atoms in total. The minimum Gasteiger partial charge on any atom is -0.383 e. The van der Waals surface area contributed by atoms with Crippen molar-refractivity contribution in [3.05, 3.63) is 53.7 Å². The standard InChI is InChI=1S/C14H15N3O/c1-10-5-3-6-11(9-10)17(2)14(18)12-7-4-8-16-13(12)15/h3-9H,1-2H3,(H2,15,16). The summed E-state index contributed by atoms with van der Waals surface area (Å²) in [6, 6.07) is 11.1. The summed E-state index contributed by atoms with van der Waals surface area (Å²) >= 11 is 0. The number of aromatic nitrogens is 1. The normalized spacial score (nSPS) is 10.1. The van der Waals surface area contributed by atoms with Gasteiger partial charge in [-0.25, -0.2) is 4.98 Å². The number of nitrogens with two attached hydrogens (primary N) is 1. The van der Waals surface area contributed by atoms with Gasteiger partial charge in [-0.3, -0.25) is 4.79 Å². The number of hydrogen-bond donors (Lipinski definition) is 1. The fourth-order valence-electron chi connectivity index (χ4n) is 1.73. The highest BCUT2D eigenvalue weighted by atomic mass is 16.2. The van der Waals surface area contributed by atoms with Gasteiger partial charge in [-0.2, -0.15) is 0 Å². The van der Waals surface area contributed by atoms with Crippen molar-refractivity contribution in [1.82, 2.24) is 4.98 Å². The SMILES string of the molecule is Cc1cccc(N(C)C(=O)c2cccnc2N)c1. The van der Waals surface area contributed by atoms with E-state index in [-0.39, 0.29) is 11.7 Å². The molecule has 92 valence electrons. The lowest BCUT2D eigenvalue weighted by Crippen LogP contribution is -2.27. The largest absolute Gasteiger partial charge is 0.383 e. The molecule has 0 saturated heterocycles. The Bertz CT molecular complexity index is 581. The van der Waals surface area contributed by atoms with E-state index in [0.717, 1.165) is 11.3 Å². The van der Waals surface area contributed by atoms with Gasteiger partial charge in [0.25, 0.3) is 5.91 Å². The van der Waals surface area contributed by atoms with Crippen molar-refractivity contribution in [3.63, 3.8) is 0 Å². The molecule has 18 heavy (non-hydrogen) atoms. The molecule has 0 aliphatic rings. The number of carbonyl (C=O) groups excluding carboxylic acids is 1. The van der Waals surface area contributed by atoms with E-state index >= 15 is 0 Å². The Morgan fingerprint density at radius 2 is 2.06 bits per heavy atom. The van der Waals surface area contributed by atoms with Gasteiger partial charge in [-0.1, -0.05) is 12.1 Å². The third-order valence-electron chi connectivity index (χ3n) is 2.76. The van der Waals surface area contributed by atoms with Crippen LogP contribution in [0.25, 0.3) is 0 Å². The van der Waals surface area contributed by atoms with Crippen molar-refractivity contribution < 1.29 is 4.79 Å². The van der Waals surface area contributed by atoms with E-state index in [1.54, 1.807) is 30.3 Å². The maximum Gasteiger partial charge on any atom is 0.261 e. The number of pyridine rings is 1. The van der Waals surface area contributed by atoms with E-state index in [0.29, 0.717) is 5.56 Å². The minimum atomic E-state index is -0.161. The van der Waals surface area contributed by atoms with Crippen LogP contribution in [-0.2, 0) is 0 Å². The van der Waals surface area contributed by atoms with Gasteiger partial charge in [0, 0.05) is 18.9 Å². The lowest BCUT2D eigenvalue weighted by Gasteiger charge is -2.18. The van der Waals surface area contributed by atoms with Crippen molar-refractivity contribution in [3.8, 4) is 0 Å². The van der Waals surface area contributed by atoms with Gasteiger partial charge in [0.2, 0.25) is 0 Å². The van der Waals surface area contributed by atoms with Crippen molar-refractivity contribution in [2.45, 2.75) is 6.92 Å². The third-order valence-corrected chi connectivity index (χ3v) is 2.76. The molecule has 0 fully saturated rings. The second-order valence-electron chi connectivity index (χ2n) is 4.14. The van der Waals surface area contributed by atoms with E-state index in [9.17, 15) is 4.79 Å². The van der Waals surface area contributed by atoms with Crippen molar-refractivity contribution in [2.24, 2.45) is 0 Å². The van der Waals surface area contributed by atoms with E-state index in [2.05, 4.69) is 4.98 Å². The molecule has 0 radical (unpaired) electrons. The predicted molar refractivity (Wildman–Crippen MR) is 72.6 cm³/mol. The highest BCUT2D eigenvalue weighted by Crippen LogP contribution is 2.18. The second kappa shape index (κ2) is 4.87. The molecule has 0 aliphatic heterocycles. The van der Waals surface area contributed by atoms with E-state index in [1.807, 2.05) is 31.2 Å². The summed E-state index contributed by atoms with van der Waals surface area (Å²) in [5.41, 5.74) is 8.07. The molecule has 0 unspecified atom stereocenters. The van der Waals surface area contributed by atoms with Gasteiger partial charge in [0.05, 0.1) is 5.56 Å². The number of amides is 1. The Morgan fingerprint density at radius 3 is 2.72 bits per heavy atom. The Kier molecular flexibility index (Phi) is 3.28. The van der Waals surface area contributed by atoms with Gasteiger partial charge < -0.3 is 10.6 Å². The summed E-state index contributed by atoms with van der Waals surface area (Å²) in [7, 11) is 1.73. The van der Waals surface area contributed by atoms with Crippen LogP contribution >= 0.6 is 0 Å². The summed E-state index contributed by atoms with van der Waals surface area (Å²) in [6.07, 6.45) is 1.57. The maximum atomic E-state index is 12.3. The Morgan fingerprint density at radius 1 is 1.28 bits per heavy atom. The zero-order chi connectivity index (χ0) is 13.1. The zero-order valence-corrected chi connectivity index (χ0v) is 10.4. The van der Waals surface area contributed by atoms with Gasteiger partial charge in [-0.05, 0) is 36.8 Å². The first-order valence-corrected chi connectivity index (χ1v) is 5.65. The van der Waals surface area contributed by atoms with Crippen molar-refractivity contribution in [2.75, 3.05) is 17.7 Å². The molecule has 2 N–H and O–H groups in total. The molecule has 1 aromatic heterocycles. The van der Waals surface area contributed by atoms with Crippen LogP contribution in [0.15, 0.2) is 42.6 Å². The summed E-state index contributed by atoms with van der Waals surface area (Å²) < 4.78 is 0. The fourth-order valence-corrected chi connectivity index (χ4v) is 1.73. The average molecular weight is 241 g/mol. The zero-order valence-electron chi connectivity index (χ0n) is 10.4. The molecule has 2 rings (SSSR count). The first-order chi connectivity index (χ1) is 8.59. The molecule has 0 atom stereocenters. The monoisotopic (exact) mass is 241 g/mol. The summed E-state index contributed by atoms with van der Waals surface area (Å²) in [5.74, 6) is 0.0909. The number of carbonyl (C=O) groups is 1. The van der Waals surface area contributed by atoms with Crippen LogP contribution in [0, 0.1) is 6.92 Å². The molecule has 0 bridgehead atoms. The van der Waals surface area contributed by atoms with Crippen molar-refractivity contribution in [1.29, 1.82) is 0 Å². The van der Waals surface area contributed by atoms with Gasteiger partial charge in [-0.15, -0.1) is 0 Å². The van der Waals surface area contributed by atoms with Crippen LogP contribution in [0.1, 0.15) is 15.9 Å². The number of hydrogen-bond acceptors (Lipinski definition) is 3. The lowest BCUT2D eigenvalue weighted by molar-refractivity contribution is 0.0993. The molecule has 1 heterocycles. The number of benzene rings is 1. The number of aryl methyl sites for hydroxylation is 1. The molecule has 1 amide bonds. The number of rotatable bonds is 2. The van der Waals surface area contributed by atoms with Crippen LogP contribution in [0.2, 0.25) is 0 Å². The van der Waals surface area contributed by atoms with Crippen molar-refractivity contribution >= 4 is 17.4 Å². The topological polar surface area (TPSA) is 59.2 Å². The van der Waals surface area contributed by atoms with Crippen LogP contribution in [0.5, 0.6) is 0 Å². The van der Waals surface area contributed by atoms with Gasteiger partial charge in [0.15, 0.2) is 0 Å². The Hall–Kier alpha value is -2.36. The quantitative estimate of drug-likeness (QED) is 0.877. The Balaban J connectivity index is 2.32. The highest BCUT2D eigenvalue weighted by Gasteiger charge is 2.16. The third kappa shape index (κ3) is 2.32. The molecule has 0 aliphatic carbocycles. The number of nitrogens with zero attached hydrogens (tertiary/aromatic N) is 2. The van der Waals surface area contributed by atoms with Crippen LogP contribution in [-0.4, -0.2) is 17.9 Å². The molecular weight excluding hydrogens is 226 g/mol. The average Bonchev–Trinajstić information content (AvgIpc) is 2.37. The Labute approximate surface area is 106 Å². The first-order valence-electron chi connectivity index (χ1n) is 5.65. The molecule has 1 aromatic carbocycles. The number of nitrogen functional groups attached to an aromatic ring is 1. The minimum absolute atomic E-state index is 0.161. The predicted octanol–water partition coefficient (Wildman–Crippen LogP) is 2.25. The van der Waals surface area contributed by atoms with Gasteiger partial charge in [0.1, 0.15) is 5.82 Å². The highest BCUT2D eigenvalue weighted by molar-refractivity contribution is 6.08. The number of anilines is 2. The molecule has 0 saturated carbocycles. The van der Waals surface area contributed by atoms with Crippen LogP contribution in [0.4, 0.5) is 11.5 Å². The summed E-state index contributed by atoms with van der Waals surface area (Å²) in [4.78, 5) is 17.8. The van der Waals surface area contributed by atoms with Crippen LogP contribution in [0.3, 0.4) is 0 Å². The second-order valence-corrected chi connectivity index (χ2v) is 4.14. The fraction of sp³-hybridized carbons (Fsp3) is 0.143. The molecule has 2 aromatic rings. The maximum absolute atomic E-state index is 12.3. The van der Waals surface area contributed by atoms with E-state index < -0.39 is 0 Å².